The summed E-state index contributed by atoms with van der Waals surface area (Å²) in [4.78, 5) is 5.09. The van der Waals surface area contributed by atoms with Crippen LogP contribution in [0.25, 0.3) is 5.70 Å². The number of nitrogens with one attached hydrogen (secondary N) is 3. The third-order valence-corrected chi connectivity index (χ3v) is 7.13. The Hall–Kier alpha value is -2.60. The molecule has 0 spiro atoms. The number of nitrogens with zero attached hydrogens (tertiary/aromatic N) is 1. The molecule has 0 atom stereocenters. The molecule has 0 saturated heterocycles. The van der Waals surface area contributed by atoms with E-state index in [9.17, 15) is 0 Å². The predicted octanol–water partition coefficient (Wildman–Crippen LogP) is 5.98. The molecule has 2 aliphatic rings. The second-order valence-corrected chi connectivity index (χ2v) is 9.43. The molecule has 0 fully saturated rings. The number of para-hydroxylation sites is 2. The van der Waals surface area contributed by atoms with Gasteiger partial charge in [-0.1, -0.05) is 47.6 Å². The summed E-state index contributed by atoms with van der Waals surface area (Å²) in [6, 6.07) is 23.4. The summed E-state index contributed by atoms with van der Waals surface area (Å²) in [5.41, 5.74) is 6.08. The van der Waals surface area contributed by atoms with Crippen molar-refractivity contribution < 1.29 is 0 Å². The zero-order chi connectivity index (χ0) is 21.8. The number of anilines is 3. The summed E-state index contributed by atoms with van der Waals surface area (Å²) in [5, 5.41) is 11.4. The van der Waals surface area contributed by atoms with Crippen molar-refractivity contribution in [3.8, 4) is 0 Å². The standard InChI is InChI=1S/C26H27ClN4S/c27-19-10-11-20-21(12-15-30-22(20)18-19)29-14-5-13-28-16-17-31-23-6-1-3-8-25(23)32-26-9-4-2-7-24(26)31/h1-4,6-12,18,28-30H,5,13-17H2. The van der Waals surface area contributed by atoms with E-state index in [1.165, 1.54) is 32.4 Å². The number of fused-ring (bicyclic) bond motifs is 3. The summed E-state index contributed by atoms with van der Waals surface area (Å²) >= 11 is 7.98. The Morgan fingerprint density at radius 3 is 2.44 bits per heavy atom. The lowest BCUT2D eigenvalue weighted by Crippen LogP contribution is -2.31. The zero-order valence-electron chi connectivity index (χ0n) is 17.9. The Balaban J connectivity index is 1.10. The average Bonchev–Trinajstić information content (AvgIpc) is 2.82. The molecule has 2 aliphatic heterocycles. The molecular weight excluding hydrogens is 436 g/mol. The van der Waals surface area contributed by atoms with Gasteiger partial charge in [-0.15, -0.1) is 0 Å². The van der Waals surface area contributed by atoms with E-state index in [1.807, 2.05) is 23.9 Å². The second kappa shape index (κ2) is 9.90. The molecule has 32 heavy (non-hydrogen) atoms. The lowest BCUT2D eigenvalue weighted by molar-refractivity contribution is 0.636. The minimum absolute atomic E-state index is 0.763. The lowest BCUT2D eigenvalue weighted by Gasteiger charge is -2.32. The van der Waals surface area contributed by atoms with Crippen molar-refractivity contribution in [2.45, 2.75) is 16.2 Å². The van der Waals surface area contributed by atoms with Crippen LogP contribution in [0, 0.1) is 0 Å². The molecule has 3 N–H and O–H groups in total. The topological polar surface area (TPSA) is 39.3 Å². The van der Waals surface area contributed by atoms with Gasteiger partial charge in [-0.2, -0.15) is 0 Å². The molecule has 0 saturated carbocycles. The van der Waals surface area contributed by atoms with Crippen LogP contribution in [0.5, 0.6) is 0 Å². The van der Waals surface area contributed by atoms with Crippen molar-refractivity contribution in [1.29, 1.82) is 0 Å². The SMILES string of the molecule is Clc1ccc2c(c1)NCC=C2NCCCNCCN1c2ccccc2Sc2ccccc21. The van der Waals surface area contributed by atoms with Gasteiger partial charge in [0.05, 0.1) is 11.4 Å². The summed E-state index contributed by atoms with van der Waals surface area (Å²) in [6.07, 6.45) is 3.27. The minimum Gasteiger partial charge on any atom is -0.385 e. The van der Waals surface area contributed by atoms with Gasteiger partial charge in [0.15, 0.2) is 0 Å². The fourth-order valence-corrected chi connectivity index (χ4v) is 5.48. The van der Waals surface area contributed by atoms with Gasteiger partial charge in [-0.05, 0) is 61.5 Å². The molecule has 4 nitrogen and oxygen atoms in total. The van der Waals surface area contributed by atoms with Gasteiger partial charge >= 0.3 is 0 Å². The van der Waals surface area contributed by atoms with Crippen LogP contribution in [0.15, 0.2) is 82.6 Å². The van der Waals surface area contributed by atoms with Gasteiger partial charge < -0.3 is 20.9 Å². The summed E-state index contributed by atoms with van der Waals surface area (Å²) in [7, 11) is 0. The minimum atomic E-state index is 0.763. The Morgan fingerprint density at radius 1 is 0.906 bits per heavy atom. The first-order chi connectivity index (χ1) is 15.8. The number of hydrogen-bond acceptors (Lipinski definition) is 5. The summed E-state index contributed by atoms with van der Waals surface area (Å²) < 4.78 is 0. The zero-order valence-corrected chi connectivity index (χ0v) is 19.5. The van der Waals surface area contributed by atoms with Gasteiger partial charge in [0.2, 0.25) is 0 Å². The molecule has 0 radical (unpaired) electrons. The molecule has 0 aromatic heterocycles. The highest BCUT2D eigenvalue weighted by Crippen LogP contribution is 2.47. The van der Waals surface area contributed by atoms with Gasteiger partial charge in [-0.3, -0.25) is 0 Å². The number of halogens is 1. The average molecular weight is 463 g/mol. The number of hydrogen-bond donors (Lipinski definition) is 3. The van der Waals surface area contributed by atoms with Gasteiger partial charge in [0, 0.05) is 57.9 Å². The van der Waals surface area contributed by atoms with E-state index in [-0.39, 0.29) is 0 Å². The van der Waals surface area contributed by atoms with Crippen molar-refractivity contribution in [1.82, 2.24) is 10.6 Å². The molecule has 3 aromatic carbocycles. The molecule has 6 heteroatoms. The van der Waals surface area contributed by atoms with Crippen LogP contribution in [0.3, 0.4) is 0 Å². The third kappa shape index (κ3) is 4.60. The molecule has 5 rings (SSSR count). The first-order valence-electron chi connectivity index (χ1n) is 11.1. The fraction of sp³-hybridized carbons (Fsp3) is 0.231. The molecular formula is C26H27ClN4S. The van der Waals surface area contributed by atoms with Crippen LogP contribution in [0.1, 0.15) is 12.0 Å². The van der Waals surface area contributed by atoms with E-state index in [1.54, 1.807) is 0 Å². The highest BCUT2D eigenvalue weighted by atomic mass is 35.5. The Bertz CT molecular complexity index is 1080. The Kier molecular flexibility index (Phi) is 6.58. The van der Waals surface area contributed by atoms with Crippen molar-refractivity contribution in [2.24, 2.45) is 0 Å². The lowest BCUT2D eigenvalue weighted by atomic mass is 10.1. The Labute approximate surface area is 199 Å². The first-order valence-corrected chi connectivity index (χ1v) is 12.3. The van der Waals surface area contributed by atoms with Gasteiger partial charge in [0.1, 0.15) is 0 Å². The van der Waals surface area contributed by atoms with Crippen molar-refractivity contribution in [2.75, 3.05) is 42.9 Å². The fourth-order valence-electron chi connectivity index (χ4n) is 4.21. The highest BCUT2D eigenvalue weighted by molar-refractivity contribution is 7.99. The molecule has 0 amide bonds. The van der Waals surface area contributed by atoms with Crippen molar-refractivity contribution >= 4 is 46.1 Å². The maximum atomic E-state index is 6.12. The largest absolute Gasteiger partial charge is 0.385 e. The first kappa shape index (κ1) is 21.3. The number of benzene rings is 3. The van der Waals surface area contributed by atoms with Crippen molar-refractivity contribution in [3.63, 3.8) is 0 Å². The van der Waals surface area contributed by atoms with Crippen LogP contribution >= 0.6 is 23.4 Å². The molecule has 2 heterocycles. The quantitative estimate of drug-likeness (QED) is 0.359. The van der Waals surface area contributed by atoms with E-state index in [2.05, 4.69) is 81.5 Å². The van der Waals surface area contributed by atoms with Crippen molar-refractivity contribution in [3.05, 3.63) is 83.4 Å². The highest BCUT2D eigenvalue weighted by Gasteiger charge is 2.22. The van der Waals surface area contributed by atoms with Crippen LogP contribution in [0.2, 0.25) is 5.02 Å². The van der Waals surface area contributed by atoms with Crippen LogP contribution < -0.4 is 20.9 Å². The molecule has 0 aliphatic carbocycles. The monoisotopic (exact) mass is 462 g/mol. The normalized spacial score (nSPS) is 14.0. The Morgan fingerprint density at radius 2 is 1.66 bits per heavy atom. The molecule has 0 bridgehead atoms. The third-order valence-electron chi connectivity index (χ3n) is 5.76. The van der Waals surface area contributed by atoms with Gasteiger partial charge in [0.25, 0.3) is 0 Å². The number of rotatable bonds is 8. The van der Waals surface area contributed by atoms with E-state index < -0.39 is 0 Å². The van der Waals surface area contributed by atoms with E-state index in [4.69, 9.17) is 11.6 Å². The summed E-state index contributed by atoms with van der Waals surface area (Å²) in [5.74, 6) is 0. The maximum Gasteiger partial charge on any atom is 0.0553 e. The summed E-state index contributed by atoms with van der Waals surface area (Å²) in [6.45, 7) is 4.64. The molecule has 0 unspecified atom stereocenters. The van der Waals surface area contributed by atoms with Crippen LogP contribution in [-0.2, 0) is 0 Å². The molecule has 164 valence electrons. The second-order valence-electron chi connectivity index (χ2n) is 7.91. The van der Waals surface area contributed by atoms with Gasteiger partial charge in [-0.25, -0.2) is 0 Å². The molecule has 3 aromatic rings. The van der Waals surface area contributed by atoms with Crippen LogP contribution in [-0.4, -0.2) is 32.7 Å². The smallest absolute Gasteiger partial charge is 0.0553 e. The maximum absolute atomic E-state index is 6.12. The van der Waals surface area contributed by atoms with E-state index in [0.717, 1.165) is 49.9 Å². The van der Waals surface area contributed by atoms with E-state index >= 15 is 0 Å². The predicted molar refractivity (Wildman–Crippen MR) is 137 cm³/mol. The van der Waals surface area contributed by atoms with E-state index in [0.29, 0.717) is 0 Å². The van der Waals surface area contributed by atoms with Crippen LogP contribution in [0.4, 0.5) is 17.1 Å².